The van der Waals surface area contributed by atoms with Gasteiger partial charge in [0.2, 0.25) is 0 Å². The van der Waals surface area contributed by atoms with Gasteiger partial charge in [0.1, 0.15) is 0 Å². The summed E-state index contributed by atoms with van der Waals surface area (Å²) >= 11 is 4.60. The molecular formula is C8H5BrF2INO2. The molecule has 0 N–H and O–H groups in total. The summed E-state index contributed by atoms with van der Waals surface area (Å²) in [5, 5.41) is 0. The summed E-state index contributed by atoms with van der Waals surface area (Å²) in [7, 11) is 1.17. The lowest BCUT2D eigenvalue weighted by Gasteiger charge is -2.08. The quantitative estimate of drug-likeness (QED) is 0.574. The van der Waals surface area contributed by atoms with E-state index in [2.05, 4.69) is 25.7 Å². The number of hydrogen-bond donors (Lipinski definition) is 0. The molecule has 1 aromatic rings. The molecule has 0 aromatic carbocycles. The van der Waals surface area contributed by atoms with Crippen LogP contribution in [0.15, 0.2) is 10.7 Å². The zero-order valence-corrected chi connectivity index (χ0v) is 11.2. The van der Waals surface area contributed by atoms with Crippen molar-refractivity contribution in [2.45, 2.75) is 6.43 Å². The van der Waals surface area contributed by atoms with Gasteiger partial charge in [-0.2, -0.15) is 0 Å². The molecule has 3 nitrogen and oxygen atoms in total. The van der Waals surface area contributed by atoms with E-state index in [9.17, 15) is 13.6 Å². The Morgan fingerprint density at radius 3 is 2.73 bits per heavy atom. The SMILES string of the molecule is COC(=O)c1ncc(Br)c(C(F)F)c1I. The normalized spacial score (nSPS) is 10.5. The Morgan fingerprint density at radius 2 is 2.27 bits per heavy atom. The first-order chi connectivity index (χ1) is 6.99. The number of ether oxygens (including phenoxy) is 1. The third kappa shape index (κ3) is 2.63. The van der Waals surface area contributed by atoms with Gasteiger partial charge in [-0.05, 0) is 38.5 Å². The van der Waals surface area contributed by atoms with Gasteiger partial charge in [-0.3, -0.25) is 0 Å². The number of alkyl halides is 2. The fraction of sp³-hybridized carbons (Fsp3) is 0.250. The van der Waals surface area contributed by atoms with Crippen LogP contribution in [0.4, 0.5) is 8.78 Å². The van der Waals surface area contributed by atoms with E-state index >= 15 is 0 Å². The molecule has 0 fully saturated rings. The fourth-order valence-corrected chi connectivity index (χ4v) is 2.65. The number of esters is 1. The lowest BCUT2D eigenvalue weighted by molar-refractivity contribution is 0.0592. The summed E-state index contributed by atoms with van der Waals surface area (Å²) < 4.78 is 29.9. The van der Waals surface area contributed by atoms with Crippen molar-refractivity contribution >= 4 is 44.5 Å². The highest BCUT2D eigenvalue weighted by Crippen LogP contribution is 2.32. The van der Waals surface area contributed by atoms with Gasteiger partial charge in [-0.15, -0.1) is 0 Å². The van der Waals surface area contributed by atoms with E-state index < -0.39 is 12.4 Å². The predicted octanol–water partition coefficient (Wildman–Crippen LogP) is 3.17. The minimum atomic E-state index is -2.67. The number of nitrogens with zero attached hydrogens (tertiary/aromatic N) is 1. The van der Waals surface area contributed by atoms with E-state index in [0.717, 1.165) is 6.20 Å². The average molecular weight is 392 g/mol. The van der Waals surface area contributed by atoms with Crippen molar-refractivity contribution in [3.8, 4) is 0 Å². The van der Waals surface area contributed by atoms with Crippen LogP contribution in [0.25, 0.3) is 0 Å². The van der Waals surface area contributed by atoms with Gasteiger partial charge in [0.25, 0.3) is 6.43 Å². The van der Waals surface area contributed by atoms with Crippen LogP contribution in [-0.2, 0) is 4.74 Å². The van der Waals surface area contributed by atoms with Crippen molar-refractivity contribution in [1.82, 2.24) is 4.98 Å². The summed E-state index contributed by atoms with van der Waals surface area (Å²) in [6, 6.07) is 0. The highest BCUT2D eigenvalue weighted by molar-refractivity contribution is 14.1. The van der Waals surface area contributed by atoms with Crippen LogP contribution in [-0.4, -0.2) is 18.1 Å². The second-order valence-corrected chi connectivity index (χ2v) is 4.41. The molecule has 0 amide bonds. The third-order valence-electron chi connectivity index (χ3n) is 1.61. The molecule has 0 atom stereocenters. The van der Waals surface area contributed by atoms with Crippen molar-refractivity contribution in [3.05, 3.63) is 25.5 Å². The van der Waals surface area contributed by atoms with Crippen LogP contribution >= 0.6 is 38.5 Å². The minimum Gasteiger partial charge on any atom is -0.464 e. The Kier molecular flexibility index (Phi) is 4.38. The molecule has 1 heterocycles. The Labute approximate surface area is 106 Å². The Balaban J connectivity index is 3.35. The number of halogens is 4. The van der Waals surface area contributed by atoms with E-state index in [1.165, 1.54) is 7.11 Å². The summed E-state index contributed by atoms with van der Waals surface area (Å²) in [4.78, 5) is 14.9. The van der Waals surface area contributed by atoms with Crippen LogP contribution in [0.5, 0.6) is 0 Å². The van der Waals surface area contributed by atoms with Gasteiger partial charge in [0.05, 0.1) is 10.7 Å². The maximum absolute atomic E-state index is 12.6. The summed E-state index contributed by atoms with van der Waals surface area (Å²) in [6.07, 6.45) is -1.51. The van der Waals surface area contributed by atoms with Crippen LogP contribution in [0.1, 0.15) is 22.5 Å². The molecule has 0 spiro atoms. The maximum Gasteiger partial charge on any atom is 0.357 e. The van der Waals surface area contributed by atoms with Gasteiger partial charge in [0, 0.05) is 16.2 Å². The molecule has 0 aliphatic carbocycles. The molecule has 1 aromatic heterocycles. The number of aromatic nitrogens is 1. The lowest BCUT2D eigenvalue weighted by Crippen LogP contribution is -2.09. The molecule has 7 heteroatoms. The molecule has 15 heavy (non-hydrogen) atoms. The largest absolute Gasteiger partial charge is 0.464 e. The molecule has 0 aliphatic heterocycles. The first-order valence-corrected chi connectivity index (χ1v) is 5.56. The number of rotatable bonds is 2. The van der Waals surface area contributed by atoms with Gasteiger partial charge in [0.15, 0.2) is 5.69 Å². The molecule has 82 valence electrons. The van der Waals surface area contributed by atoms with Gasteiger partial charge in [-0.25, -0.2) is 18.6 Å². The molecule has 1 rings (SSSR count). The van der Waals surface area contributed by atoms with Gasteiger partial charge in [-0.1, -0.05) is 0 Å². The molecular weight excluding hydrogens is 387 g/mol. The molecule has 0 radical (unpaired) electrons. The monoisotopic (exact) mass is 391 g/mol. The minimum absolute atomic E-state index is 0.100. The highest BCUT2D eigenvalue weighted by atomic mass is 127. The number of hydrogen-bond acceptors (Lipinski definition) is 3. The standard InChI is InChI=1S/C8H5BrF2INO2/c1-15-8(14)6-5(12)4(7(10)11)3(9)2-13-6/h2,7H,1H3. The highest BCUT2D eigenvalue weighted by Gasteiger charge is 2.22. The van der Waals surface area contributed by atoms with E-state index in [1.54, 1.807) is 22.6 Å². The Morgan fingerprint density at radius 1 is 1.67 bits per heavy atom. The van der Waals surface area contributed by atoms with Crippen molar-refractivity contribution < 1.29 is 18.3 Å². The average Bonchev–Trinajstić information content (AvgIpc) is 2.16. The van der Waals surface area contributed by atoms with Crippen LogP contribution in [0, 0.1) is 3.57 Å². The summed E-state index contributed by atoms with van der Waals surface area (Å²) in [5.74, 6) is -0.728. The van der Waals surface area contributed by atoms with E-state index in [0.29, 0.717) is 0 Å². The number of carbonyl (C=O) groups excluding carboxylic acids is 1. The smallest absolute Gasteiger partial charge is 0.357 e. The number of carbonyl (C=O) groups is 1. The predicted molar refractivity (Wildman–Crippen MR) is 61.0 cm³/mol. The first kappa shape index (κ1) is 12.8. The number of methoxy groups -OCH3 is 1. The van der Waals surface area contributed by atoms with Crippen LogP contribution < -0.4 is 0 Å². The topological polar surface area (TPSA) is 39.2 Å². The second kappa shape index (κ2) is 5.15. The van der Waals surface area contributed by atoms with Crippen LogP contribution in [0.3, 0.4) is 0 Å². The fourth-order valence-electron chi connectivity index (χ4n) is 0.919. The van der Waals surface area contributed by atoms with Crippen molar-refractivity contribution in [2.75, 3.05) is 7.11 Å². The van der Waals surface area contributed by atoms with E-state index in [4.69, 9.17) is 0 Å². The van der Waals surface area contributed by atoms with Gasteiger partial charge < -0.3 is 4.74 Å². The zero-order valence-electron chi connectivity index (χ0n) is 7.43. The molecule has 0 aliphatic rings. The van der Waals surface area contributed by atoms with E-state index in [1.807, 2.05) is 0 Å². The Bertz CT molecular complexity index is 400. The summed E-state index contributed by atoms with van der Waals surface area (Å²) in [6.45, 7) is 0. The van der Waals surface area contributed by atoms with Crippen molar-refractivity contribution in [3.63, 3.8) is 0 Å². The third-order valence-corrected chi connectivity index (χ3v) is 3.33. The molecule has 0 bridgehead atoms. The van der Waals surface area contributed by atoms with Crippen molar-refractivity contribution in [1.29, 1.82) is 0 Å². The summed E-state index contributed by atoms with van der Waals surface area (Å²) in [5.41, 5.74) is -0.345. The maximum atomic E-state index is 12.6. The molecule has 0 unspecified atom stereocenters. The van der Waals surface area contributed by atoms with Crippen molar-refractivity contribution in [2.24, 2.45) is 0 Å². The zero-order chi connectivity index (χ0) is 11.6. The Hall–Kier alpha value is -0.310. The second-order valence-electron chi connectivity index (χ2n) is 2.47. The number of pyridine rings is 1. The van der Waals surface area contributed by atoms with E-state index in [-0.39, 0.29) is 19.3 Å². The molecule has 0 saturated heterocycles. The van der Waals surface area contributed by atoms with Crippen LogP contribution in [0.2, 0.25) is 0 Å². The lowest BCUT2D eigenvalue weighted by atomic mass is 10.2. The van der Waals surface area contributed by atoms with Gasteiger partial charge >= 0.3 is 5.97 Å². The molecule has 0 saturated carbocycles. The first-order valence-electron chi connectivity index (χ1n) is 3.69.